The van der Waals surface area contributed by atoms with E-state index < -0.39 is 9.05 Å². The van der Waals surface area contributed by atoms with Crippen LogP contribution in [0.3, 0.4) is 0 Å². The first-order chi connectivity index (χ1) is 8.38. The van der Waals surface area contributed by atoms with Crippen molar-refractivity contribution in [3.63, 3.8) is 0 Å². The Hall–Kier alpha value is -1.39. The molecule has 18 heavy (non-hydrogen) atoms. The summed E-state index contributed by atoms with van der Waals surface area (Å²) in [5.41, 5.74) is 2.44. The van der Waals surface area contributed by atoms with Crippen LogP contribution in [-0.2, 0) is 9.05 Å². The van der Waals surface area contributed by atoms with Gasteiger partial charge in [-0.2, -0.15) is 0 Å². The Balaban J connectivity index is 2.51. The van der Waals surface area contributed by atoms with Crippen LogP contribution in [0.2, 0.25) is 0 Å². The first-order valence-electron chi connectivity index (χ1n) is 5.19. The summed E-state index contributed by atoms with van der Waals surface area (Å²) in [6.45, 7) is 1.78. The third-order valence-corrected chi connectivity index (χ3v) is 3.99. The zero-order valence-electron chi connectivity index (χ0n) is 9.52. The van der Waals surface area contributed by atoms with Crippen LogP contribution in [0.15, 0.2) is 47.4 Å². The van der Waals surface area contributed by atoms with Crippen LogP contribution in [0.25, 0.3) is 11.1 Å². The Morgan fingerprint density at radius 1 is 1.06 bits per heavy atom. The van der Waals surface area contributed by atoms with Gasteiger partial charge in [-0.05, 0) is 47.9 Å². The molecule has 0 bridgehead atoms. The fourth-order valence-corrected chi connectivity index (χ4v) is 2.58. The molecule has 2 nitrogen and oxygen atoms in total. The maximum absolute atomic E-state index is 12.8. The van der Waals surface area contributed by atoms with Gasteiger partial charge in [-0.25, -0.2) is 12.8 Å². The molecule has 0 saturated carbocycles. The molecule has 2 aromatic carbocycles. The van der Waals surface area contributed by atoms with Gasteiger partial charge in [0.2, 0.25) is 0 Å². The summed E-state index contributed by atoms with van der Waals surface area (Å²) in [5.74, 6) is -0.309. The maximum atomic E-state index is 12.8. The van der Waals surface area contributed by atoms with Crippen LogP contribution in [0, 0.1) is 12.7 Å². The van der Waals surface area contributed by atoms with Crippen LogP contribution < -0.4 is 0 Å². The minimum Gasteiger partial charge on any atom is -0.207 e. The zero-order chi connectivity index (χ0) is 13.3. The van der Waals surface area contributed by atoms with Crippen molar-refractivity contribution >= 4 is 19.7 Å². The van der Waals surface area contributed by atoms with E-state index in [4.69, 9.17) is 10.7 Å². The van der Waals surface area contributed by atoms with Gasteiger partial charge in [-0.15, -0.1) is 0 Å². The van der Waals surface area contributed by atoms with Crippen molar-refractivity contribution in [2.75, 3.05) is 0 Å². The summed E-state index contributed by atoms with van der Waals surface area (Å²) in [5, 5.41) is 0. The highest BCUT2D eigenvalue weighted by Crippen LogP contribution is 2.27. The van der Waals surface area contributed by atoms with Gasteiger partial charge in [0.1, 0.15) is 5.82 Å². The second-order valence-corrected chi connectivity index (χ2v) is 6.49. The molecule has 0 spiro atoms. The van der Waals surface area contributed by atoms with Crippen LogP contribution in [0.1, 0.15) is 5.56 Å². The highest BCUT2D eigenvalue weighted by molar-refractivity contribution is 8.13. The normalized spacial score (nSPS) is 11.5. The highest BCUT2D eigenvalue weighted by atomic mass is 35.7. The molecule has 94 valence electrons. The highest BCUT2D eigenvalue weighted by Gasteiger charge is 2.12. The lowest BCUT2D eigenvalue weighted by Crippen LogP contribution is -1.92. The van der Waals surface area contributed by atoms with Gasteiger partial charge in [0.15, 0.2) is 0 Å². The first-order valence-corrected chi connectivity index (χ1v) is 7.50. The van der Waals surface area contributed by atoms with E-state index in [0.717, 1.165) is 16.7 Å². The van der Waals surface area contributed by atoms with Gasteiger partial charge in [-0.3, -0.25) is 0 Å². The fraction of sp³-hybridized carbons (Fsp3) is 0.0769. The predicted octanol–water partition coefficient (Wildman–Crippen LogP) is 3.73. The molecule has 2 rings (SSSR count). The van der Waals surface area contributed by atoms with E-state index >= 15 is 0 Å². The molecule has 0 N–H and O–H groups in total. The summed E-state index contributed by atoms with van der Waals surface area (Å²) in [4.78, 5) is 0.0625. The van der Waals surface area contributed by atoms with Crippen LogP contribution in [-0.4, -0.2) is 8.42 Å². The lowest BCUT2D eigenvalue weighted by Gasteiger charge is -2.07. The van der Waals surface area contributed by atoms with Crippen LogP contribution >= 0.6 is 10.7 Å². The molecule has 0 amide bonds. The molecule has 0 unspecified atom stereocenters. The van der Waals surface area contributed by atoms with Crippen molar-refractivity contribution in [1.29, 1.82) is 0 Å². The molecule has 0 atom stereocenters. The Kier molecular flexibility index (Phi) is 3.41. The molecule has 0 aliphatic rings. The van der Waals surface area contributed by atoms with E-state index in [1.165, 1.54) is 24.3 Å². The van der Waals surface area contributed by atoms with Crippen molar-refractivity contribution in [3.8, 4) is 11.1 Å². The number of hydrogen-bond acceptors (Lipinski definition) is 2. The minimum atomic E-state index is -3.72. The summed E-state index contributed by atoms with van der Waals surface area (Å²) in [6.07, 6.45) is 0. The minimum absolute atomic E-state index is 0.0625. The van der Waals surface area contributed by atoms with E-state index in [2.05, 4.69) is 0 Å². The van der Waals surface area contributed by atoms with Gasteiger partial charge in [0.05, 0.1) is 4.90 Å². The fourth-order valence-electron chi connectivity index (χ4n) is 1.74. The quantitative estimate of drug-likeness (QED) is 0.788. The molecule has 5 heteroatoms. The Bertz CT molecular complexity index is 679. The Morgan fingerprint density at radius 2 is 1.67 bits per heavy atom. The monoisotopic (exact) mass is 284 g/mol. The van der Waals surface area contributed by atoms with E-state index in [-0.39, 0.29) is 10.7 Å². The lowest BCUT2D eigenvalue weighted by atomic mass is 10.0. The third kappa shape index (κ3) is 2.71. The number of benzene rings is 2. The van der Waals surface area contributed by atoms with E-state index in [1.54, 1.807) is 25.1 Å². The number of rotatable bonds is 2. The van der Waals surface area contributed by atoms with E-state index in [0.29, 0.717) is 0 Å². The average Bonchev–Trinajstić information content (AvgIpc) is 2.29. The average molecular weight is 285 g/mol. The van der Waals surface area contributed by atoms with E-state index in [9.17, 15) is 12.8 Å². The molecule has 0 heterocycles. The zero-order valence-corrected chi connectivity index (χ0v) is 11.1. The molecule has 0 saturated heterocycles. The van der Waals surface area contributed by atoms with Crippen molar-refractivity contribution < 1.29 is 12.8 Å². The SMILES string of the molecule is Cc1cc(S(=O)(=O)Cl)ccc1-c1ccc(F)cc1. The van der Waals surface area contributed by atoms with Gasteiger partial charge < -0.3 is 0 Å². The summed E-state index contributed by atoms with van der Waals surface area (Å²) < 4.78 is 35.2. The molecule has 0 aliphatic heterocycles. The smallest absolute Gasteiger partial charge is 0.207 e. The standard InChI is InChI=1S/C13H10ClFO2S/c1-9-8-12(18(14,16)17)6-7-13(9)10-2-4-11(15)5-3-10/h2-8H,1H3. The van der Waals surface area contributed by atoms with Gasteiger partial charge >= 0.3 is 0 Å². The number of hydrogen-bond donors (Lipinski definition) is 0. The first kappa shape index (κ1) is 13.1. The Labute approximate surface area is 109 Å². The van der Waals surface area contributed by atoms with Crippen LogP contribution in [0.4, 0.5) is 4.39 Å². The summed E-state index contributed by atoms with van der Waals surface area (Å²) in [6, 6.07) is 10.6. The topological polar surface area (TPSA) is 34.1 Å². The summed E-state index contributed by atoms with van der Waals surface area (Å²) in [7, 11) is 1.55. The molecular weight excluding hydrogens is 275 g/mol. The molecule has 0 aromatic heterocycles. The van der Waals surface area contributed by atoms with Gasteiger partial charge in [-0.1, -0.05) is 18.2 Å². The van der Waals surface area contributed by atoms with Crippen molar-refractivity contribution in [2.24, 2.45) is 0 Å². The van der Waals surface area contributed by atoms with Crippen molar-refractivity contribution in [2.45, 2.75) is 11.8 Å². The van der Waals surface area contributed by atoms with Crippen molar-refractivity contribution in [3.05, 3.63) is 53.8 Å². The second-order valence-electron chi connectivity index (χ2n) is 3.92. The van der Waals surface area contributed by atoms with E-state index in [1.807, 2.05) is 0 Å². The molecule has 0 radical (unpaired) electrons. The van der Waals surface area contributed by atoms with Crippen LogP contribution in [0.5, 0.6) is 0 Å². The van der Waals surface area contributed by atoms with Gasteiger partial charge in [0.25, 0.3) is 9.05 Å². The maximum Gasteiger partial charge on any atom is 0.261 e. The third-order valence-electron chi connectivity index (χ3n) is 2.63. The molecule has 0 fully saturated rings. The molecule has 0 aliphatic carbocycles. The largest absolute Gasteiger partial charge is 0.261 e. The van der Waals surface area contributed by atoms with Gasteiger partial charge in [0, 0.05) is 10.7 Å². The Morgan fingerprint density at radius 3 is 2.17 bits per heavy atom. The predicted molar refractivity (Wildman–Crippen MR) is 69.6 cm³/mol. The number of aryl methyl sites for hydroxylation is 1. The van der Waals surface area contributed by atoms with Crippen molar-refractivity contribution in [1.82, 2.24) is 0 Å². The molecule has 2 aromatic rings. The summed E-state index contributed by atoms with van der Waals surface area (Å²) >= 11 is 0. The lowest BCUT2D eigenvalue weighted by molar-refractivity contribution is 0.609. The second kappa shape index (κ2) is 4.71. The number of halogens is 2. The molecular formula is C13H10ClFO2S.